The van der Waals surface area contributed by atoms with Gasteiger partial charge in [0, 0.05) is 37.9 Å². The molecule has 0 aliphatic carbocycles. The van der Waals surface area contributed by atoms with Crippen LogP contribution in [0.15, 0.2) is 67.3 Å². The van der Waals surface area contributed by atoms with Crippen molar-refractivity contribution < 1.29 is 14.3 Å². The van der Waals surface area contributed by atoms with Crippen molar-refractivity contribution in [3.63, 3.8) is 0 Å². The molecule has 0 unspecified atom stereocenters. The van der Waals surface area contributed by atoms with E-state index in [1.807, 2.05) is 42.5 Å². The van der Waals surface area contributed by atoms with E-state index >= 15 is 0 Å². The minimum Gasteiger partial charge on any atom is -0.454 e. The zero-order valence-electron chi connectivity index (χ0n) is 15.2. The van der Waals surface area contributed by atoms with Crippen molar-refractivity contribution in [1.82, 2.24) is 20.6 Å². The summed E-state index contributed by atoms with van der Waals surface area (Å²) in [5, 5.41) is 6.32. The largest absolute Gasteiger partial charge is 0.454 e. The molecule has 1 aliphatic heterocycles. The molecule has 7 nitrogen and oxygen atoms in total. The molecular weight excluding hydrogens is 356 g/mol. The van der Waals surface area contributed by atoms with Gasteiger partial charge in [0.05, 0.1) is 0 Å². The molecule has 0 bridgehead atoms. The molecule has 2 N–H and O–H groups in total. The number of ether oxygens (including phenoxy) is 2. The number of nitrogens with one attached hydrogen (secondary N) is 2. The second-order valence-corrected chi connectivity index (χ2v) is 6.36. The third-order valence-electron chi connectivity index (χ3n) is 4.47. The van der Waals surface area contributed by atoms with E-state index in [0.717, 1.165) is 16.7 Å². The topological polar surface area (TPSA) is 85.4 Å². The highest BCUT2D eigenvalue weighted by molar-refractivity contribution is 5.83. The smallest absolute Gasteiger partial charge is 0.242 e. The lowest BCUT2D eigenvalue weighted by Crippen LogP contribution is -2.37. The van der Waals surface area contributed by atoms with E-state index in [2.05, 4.69) is 20.6 Å². The number of hydrogen-bond donors (Lipinski definition) is 2. The van der Waals surface area contributed by atoms with E-state index in [-0.39, 0.29) is 12.7 Å². The van der Waals surface area contributed by atoms with Crippen LogP contribution in [0.1, 0.15) is 22.7 Å². The molecule has 0 saturated heterocycles. The lowest BCUT2D eigenvalue weighted by Gasteiger charge is -2.19. The molecule has 0 radical (unpaired) electrons. The van der Waals surface area contributed by atoms with Crippen molar-refractivity contribution in [3.8, 4) is 11.5 Å². The molecule has 1 aliphatic rings. The van der Waals surface area contributed by atoms with Crippen LogP contribution in [0.5, 0.6) is 11.5 Å². The average Bonchev–Trinajstić information content (AvgIpc) is 3.22. The van der Waals surface area contributed by atoms with Gasteiger partial charge >= 0.3 is 0 Å². The number of rotatable bonds is 7. The number of amides is 1. The lowest BCUT2D eigenvalue weighted by molar-refractivity contribution is -0.123. The summed E-state index contributed by atoms with van der Waals surface area (Å²) in [4.78, 5) is 21.0. The first-order valence-electron chi connectivity index (χ1n) is 8.98. The molecule has 0 fully saturated rings. The van der Waals surface area contributed by atoms with Crippen LogP contribution in [0.2, 0.25) is 0 Å². The number of fused-ring (bicyclic) bond motifs is 1. The molecule has 1 atom stereocenters. The molecule has 1 aromatic carbocycles. The molecule has 3 heterocycles. The van der Waals surface area contributed by atoms with Gasteiger partial charge in [-0.15, -0.1) is 0 Å². The zero-order chi connectivity index (χ0) is 19.2. The zero-order valence-corrected chi connectivity index (χ0v) is 15.2. The van der Waals surface area contributed by atoms with Gasteiger partial charge in [-0.2, -0.15) is 0 Å². The van der Waals surface area contributed by atoms with Gasteiger partial charge in [-0.05, 0) is 53.1 Å². The van der Waals surface area contributed by atoms with E-state index in [1.54, 1.807) is 24.8 Å². The fourth-order valence-corrected chi connectivity index (χ4v) is 2.97. The van der Waals surface area contributed by atoms with Gasteiger partial charge in [0.1, 0.15) is 6.04 Å². The van der Waals surface area contributed by atoms with Gasteiger partial charge in [-0.25, -0.2) is 0 Å². The molecule has 3 aromatic rings. The maximum atomic E-state index is 13.0. The molecule has 7 heteroatoms. The highest BCUT2D eigenvalue weighted by atomic mass is 16.7. The second kappa shape index (κ2) is 8.49. The van der Waals surface area contributed by atoms with Crippen molar-refractivity contribution in [2.45, 2.75) is 19.1 Å². The summed E-state index contributed by atoms with van der Waals surface area (Å²) in [5.74, 6) is 1.22. The molecule has 2 aromatic heterocycles. The fraction of sp³-hybridized carbons (Fsp3) is 0.190. The first-order valence-corrected chi connectivity index (χ1v) is 8.98. The van der Waals surface area contributed by atoms with E-state index in [9.17, 15) is 4.79 Å². The van der Waals surface area contributed by atoms with Crippen molar-refractivity contribution in [2.75, 3.05) is 6.79 Å². The van der Waals surface area contributed by atoms with Crippen molar-refractivity contribution in [2.24, 2.45) is 0 Å². The number of benzene rings is 1. The second-order valence-electron chi connectivity index (χ2n) is 6.36. The van der Waals surface area contributed by atoms with Gasteiger partial charge in [0.25, 0.3) is 0 Å². The summed E-state index contributed by atoms with van der Waals surface area (Å²) >= 11 is 0. The molecular formula is C21H20N4O3. The van der Waals surface area contributed by atoms with Crippen LogP contribution in [0.4, 0.5) is 0 Å². The monoisotopic (exact) mass is 376 g/mol. The Hall–Kier alpha value is -3.45. The summed E-state index contributed by atoms with van der Waals surface area (Å²) < 4.78 is 10.8. The van der Waals surface area contributed by atoms with Crippen molar-refractivity contribution in [3.05, 3.63) is 83.9 Å². The van der Waals surface area contributed by atoms with Crippen molar-refractivity contribution >= 4 is 5.91 Å². The highest BCUT2D eigenvalue weighted by Crippen LogP contribution is 2.34. The number of aromatic nitrogens is 2. The van der Waals surface area contributed by atoms with E-state index in [0.29, 0.717) is 24.6 Å². The summed E-state index contributed by atoms with van der Waals surface area (Å²) in [6.07, 6.45) is 6.88. The number of carbonyl (C=O) groups excluding carboxylic acids is 1. The number of nitrogens with zero attached hydrogens (tertiary/aromatic N) is 2. The minimum absolute atomic E-state index is 0.121. The summed E-state index contributed by atoms with van der Waals surface area (Å²) in [7, 11) is 0. The molecule has 0 spiro atoms. The van der Waals surface area contributed by atoms with Crippen LogP contribution in [-0.4, -0.2) is 22.7 Å². The predicted octanol–water partition coefficient (Wildman–Crippen LogP) is 2.35. The Bertz CT molecular complexity index is 935. The van der Waals surface area contributed by atoms with Crippen LogP contribution >= 0.6 is 0 Å². The molecule has 1 amide bonds. The van der Waals surface area contributed by atoms with Gasteiger partial charge in [0.2, 0.25) is 12.7 Å². The highest BCUT2D eigenvalue weighted by Gasteiger charge is 2.23. The third kappa shape index (κ3) is 4.27. The standard InChI is InChI=1S/C21H20N4O3/c26-21(25-13-16-5-9-23-10-6-16)20(24-12-15-3-7-22-8-4-15)17-1-2-18-19(11-17)28-14-27-18/h1-11,20,24H,12-14H2,(H,25,26)/t20-/m1/s1. The van der Waals surface area contributed by atoms with Crippen LogP contribution in [0.25, 0.3) is 0 Å². The average molecular weight is 376 g/mol. The maximum absolute atomic E-state index is 13.0. The third-order valence-corrected chi connectivity index (χ3v) is 4.47. The van der Waals surface area contributed by atoms with Gasteiger partial charge in [-0.3, -0.25) is 20.1 Å². The van der Waals surface area contributed by atoms with E-state index in [1.165, 1.54) is 0 Å². The Balaban J connectivity index is 1.51. The molecule has 28 heavy (non-hydrogen) atoms. The predicted molar refractivity (Wildman–Crippen MR) is 102 cm³/mol. The number of hydrogen-bond acceptors (Lipinski definition) is 6. The van der Waals surface area contributed by atoms with Crippen LogP contribution in [0.3, 0.4) is 0 Å². The Morgan fingerprint density at radius 2 is 1.54 bits per heavy atom. The van der Waals surface area contributed by atoms with Gasteiger partial charge in [-0.1, -0.05) is 6.07 Å². The quantitative estimate of drug-likeness (QED) is 0.658. The Morgan fingerprint density at radius 3 is 2.25 bits per heavy atom. The van der Waals surface area contributed by atoms with Gasteiger partial charge in [0.15, 0.2) is 11.5 Å². The molecule has 142 valence electrons. The summed E-state index contributed by atoms with van der Waals surface area (Å²) in [5.41, 5.74) is 2.84. The van der Waals surface area contributed by atoms with E-state index in [4.69, 9.17) is 9.47 Å². The number of pyridine rings is 2. The Kier molecular flexibility index (Phi) is 5.44. The van der Waals surface area contributed by atoms with Crippen LogP contribution in [0, 0.1) is 0 Å². The summed E-state index contributed by atoms with van der Waals surface area (Å²) in [6.45, 7) is 1.16. The molecule has 4 rings (SSSR count). The first kappa shape index (κ1) is 17.9. The SMILES string of the molecule is O=C(NCc1ccncc1)[C@H](NCc1ccncc1)c1ccc2c(c1)OCO2. The number of carbonyl (C=O) groups is 1. The Morgan fingerprint density at radius 1 is 0.893 bits per heavy atom. The maximum Gasteiger partial charge on any atom is 0.242 e. The van der Waals surface area contributed by atoms with Crippen LogP contribution < -0.4 is 20.1 Å². The minimum atomic E-state index is -0.537. The van der Waals surface area contributed by atoms with Crippen LogP contribution in [-0.2, 0) is 17.9 Å². The van der Waals surface area contributed by atoms with Gasteiger partial charge < -0.3 is 14.8 Å². The molecule has 0 saturated carbocycles. The normalized spacial score (nSPS) is 13.1. The fourth-order valence-electron chi connectivity index (χ4n) is 2.97. The first-order chi connectivity index (χ1) is 13.8. The van der Waals surface area contributed by atoms with Crippen molar-refractivity contribution in [1.29, 1.82) is 0 Å². The summed E-state index contributed by atoms with van der Waals surface area (Å²) in [6, 6.07) is 12.6. The Labute approximate surface area is 162 Å². The lowest BCUT2D eigenvalue weighted by atomic mass is 10.0. The van der Waals surface area contributed by atoms with E-state index < -0.39 is 6.04 Å².